The van der Waals surface area contributed by atoms with E-state index in [0.717, 1.165) is 5.69 Å². The molecule has 1 unspecified atom stereocenters. The Kier molecular flexibility index (Phi) is 3.97. The zero-order chi connectivity index (χ0) is 13.2. The van der Waals surface area contributed by atoms with Gasteiger partial charge in [-0.05, 0) is 18.6 Å². The largest absolute Gasteiger partial charge is 0.401 e. The van der Waals surface area contributed by atoms with Crippen LogP contribution in [0.4, 0.5) is 18.9 Å². The van der Waals surface area contributed by atoms with Gasteiger partial charge in [-0.25, -0.2) is 4.98 Å². The first-order chi connectivity index (χ1) is 8.42. The van der Waals surface area contributed by atoms with Crippen LogP contribution in [0.25, 0.3) is 0 Å². The normalized spacial score (nSPS) is 21.2. The van der Waals surface area contributed by atoms with Crippen LogP contribution in [-0.4, -0.2) is 41.7 Å². The van der Waals surface area contributed by atoms with Gasteiger partial charge in [0, 0.05) is 31.0 Å². The van der Waals surface area contributed by atoms with Crippen molar-refractivity contribution in [2.24, 2.45) is 0 Å². The highest BCUT2D eigenvalue weighted by Gasteiger charge is 2.34. The van der Waals surface area contributed by atoms with E-state index in [0.29, 0.717) is 24.7 Å². The van der Waals surface area contributed by atoms with Crippen LogP contribution < -0.4 is 5.32 Å². The summed E-state index contributed by atoms with van der Waals surface area (Å²) >= 11 is 5.74. The fraction of sp³-hybridized carbons (Fsp3) is 0.545. The smallest absolute Gasteiger partial charge is 0.381 e. The summed E-state index contributed by atoms with van der Waals surface area (Å²) < 4.78 is 36.7. The Hall–Kier alpha value is -1.01. The SMILES string of the molecule is FC(F)(F)CN1CCC(Nc2ccnc(Cl)c2)C1. The monoisotopic (exact) mass is 279 g/mol. The molecule has 2 heterocycles. The molecule has 0 saturated carbocycles. The van der Waals surface area contributed by atoms with Crippen molar-refractivity contribution in [3.63, 3.8) is 0 Å². The Morgan fingerprint density at radius 2 is 2.28 bits per heavy atom. The highest BCUT2D eigenvalue weighted by molar-refractivity contribution is 6.29. The third kappa shape index (κ3) is 4.03. The van der Waals surface area contributed by atoms with E-state index in [4.69, 9.17) is 11.6 Å². The lowest BCUT2D eigenvalue weighted by Crippen LogP contribution is -2.34. The number of hydrogen-bond donors (Lipinski definition) is 1. The summed E-state index contributed by atoms with van der Waals surface area (Å²) in [5, 5.41) is 3.53. The fourth-order valence-corrected chi connectivity index (χ4v) is 2.25. The molecule has 1 saturated heterocycles. The fourth-order valence-electron chi connectivity index (χ4n) is 2.08. The summed E-state index contributed by atoms with van der Waals surface area (Å²) in [4.78, 5) is 5.25. The molecule has 0 aliphatic carbocycles. The summed E-state index contributed by atoms with van der Waals surface area (Å²) in [5.41, 5.74) is 0.786. The van der Waals surface area contributed by atoms with Crippen molar-refractivity contribution in [1.82, 2.24) is 9.88 Å². The third-order valence-corrected chi connectivity index (χ3v) is 2.98. The molecule has 0 spiro atoms. The highest BCUT2D eigenvalue weighted by Crippen LogP contribution is 2.22. The van der Waals surface area contributed by atoms with Gasteiger partial charge < -0.3 is 5.32 Å². The lowest BCUT2D eigenvalue weighted by molar-refractivity contribution is -0.143. The number of hydrogen-bond acceptors (Lipinski definition) is 3. The Balaban J connectivity index is 1.86. The first-order valence-corrected chi connectivity index (χ1v) is 5.97. The van der Waals surface area contributed by atoms with Gasteiger partial charge in [-0.15, -0.1) is 0 Å². The maximum Gasteiger partial charge on any atom is 0.401 e. The number of aromatic nitrogens is 1. The predicted octanol–water partition coefficient (Wildman–Crippen LogP) is 2.78. The summed E-state index contributed by atoms with van der Waals surface area (Å²) in [6.07, 6.45) is -1.88. The van der Waals surface area contributed by atoms with Gasteiger partial charge in [-0.2, -0.15) is 13.2 Å². The van der Waals surface area contributed by atoms with Gasteiger partial charge in [-0.3, -0.25) is 4.90 Å². The Labute approximate surface area is 108 Å². The molecule has 0 radical (unpaired) electrons. The maximum atomic E-state index is 12.2. The van der Waals surface area contributed by atoms with Gasteiger partial charge in [-0.1, -0.05) is 11.6 Å². The van der Waals surface area contributed by atoms with E-state index in [9.17, 15) is 13.2 Å². The van der Waals surface area contributed by atoms with E-state index in [1.807, 2.05) is 0 Å². The van der Waals surface area contributed by atoms with Crippen molar-refractivity contribution in [1.29, 1.82) is 0 Å². The molecule has 100 valence electrons. The predicted molar refractivity (Wildman–Crippen MR) is 63.8 cm³/mol. The third-order valence-electron chi connectivity index (χ3n) is 2.77. The minimum Gasteiger partial charge on any atom is -0.381 e. The van der Waals surface area contributed by atoms with E-state index < -0.39 is 12.7 Å². The van der Waals surface area contributed by atoms with Crippen LogP contribution in [0.1, 0.15) is 6.42 Å². The number of nitrogens with zero attached hydrogens (tertiary/aromatic N) is 2. The van der Waals surface area contributed by atoms with E-state index in [1.165, 1.54) is 4.90 Å². The van der Waals surface area contributed by atoms with Crippen molar-refractivity contribution >= 4 is 17.3 Å². The molecule has 1 atom stereocenters. The molecule has 7 heteroatoms. The highest BCUT2D eigenvalue weighted by atomic mass is 35.5. The number of rotatable bonds is 3. The molecule has 1 aliphatic rings. The molecular weight excluding hydrogens is 267 g/mol. The Bertz CT molecular complexity index is 411. The van der Waals surface area contributed by atoms with Gasteiger partial charge in [0.15, 0.2) is 0 Å². The van der Waals surface area contributed by atoms with Crippen molar-refractivity contribution in [3.05, 3.63) is 23.5 Å². The van der Waals surface area contributed by atoms with E-state index >= 15 is 0 Å². The second-order valence-electron chi connectivity index (χ2n) is 4.35. The van der Waals surface area contributed by atoms with Crippen LogP contribution in [0.15, 0.2) is 18.3 Å². The van der Waals surface area contributed by atoms with E-state index in [2.05, 4.69) is 10.3 Å². The average molecular weight is 280 g/mol. The topological polar surface area (TPSA) is 28.2 Å². The minimum atomic E-state index is -4.13. The van der Waals surface area contributed by atoms with Crippen molar-refractivity contribution < 1.29 is 13.2 Å². The second-order valence-corrected chi connectivity index (χ2v) is 4.73. The summed E-state index contributed by atoms with van der Waals surface area (Å²) in [5.74, 6) is 0. The standard InChI is InChI=1S/C11H13ClF3N3/c12-10-5-8(1-3-16-10)17-9-2-4-18(6-9)7-11(13,14)15/h1,3,5,9H,2,4,6-7H2,(H,16,17). The molecular formula is C11H13ClF3N3. The molecule has 18 heavy (non-hydrogen) atoms. The van der Waals surface area contributed by atoms with Gasteiger partial charge in [0.2, 0.25) is 0 Å². The number of likely N-dealkylation sites (tertiary alicyclic amines) is 1. The van der Waals surface area contributed by atoms with E-state index in [-0.39, 0.29) is 6.04 Å². The van der Waals surface area contributed by atoms with E-state index in [1.54, 1.807) is 18.3 Å². The molecule has 1 aliphatic heterocycles. The molecule has 0 bridgehead atoms. The maximum absolute atomic E-state index is 12.2. The van der Waals surface area contributed by atoms with Crippen LogP contribution in [0.5, 0.6) is 0 Å². The molecule has 1 aromatic heterocycles. The Morgan fingerprint density at radius 3 is 2.94 bits per heavy atom. The average Bonchev–Trinajstić information content (AvgIpc) is 2.62. The first-order valence-electron chi connectivity index (χ1n) is 5.59. The van der Waals surface area contributed by atoms with Crippen LogP contribution in [0, 0.1) is 0 Å². The number of halogens is 4. The summed E-state index contributed by atoms with van der Waals surface area (Å²) in [7, 11) is 0. The van der Waals surface area contributed by atoms with Gasteiger partial charge in [0.05, 0.1) is 6.54 Å². The van der Waals surface area contributed by atoms with Crippen molar-refractivity contribution in [2.75, 3.05) is 25.0 Å². The summed E-state index contributed by atoms with van der Waals surface area (Å²) in [6, 6.07) is 3.43. The quantitative estimate of drug-likeness (QED) is 0.863. The number of pyridine rings is 1. The van der Waals surface area contributed by atoms with Gasteiger partial charge >= 0.3 is 6.18 Å². The zero-order valence-corrected chi connectivity index (χ0v) is 10.3. The van der Waals surface area contributed by atoms with Gasteiger partial charge in [0.25, 0.3) is 0 Å². The lowest BCUT2D eigenvalue weighted by Gasteiger charge is -2.18. The number of alkyl halides is 3. The van der Waals surface area contributed by atoms with Crippen molar-refractivity contribution in [2.45, 2.75) is 18.6 Å². The van der Waals surface area contributed by atoms with Crippen LogP contribution >= 0.6 is 11.6 Å². The molecule has 1 N–H and O–H groups in total. The molecule has 1 fully saturated rings. The van der Waals surface area contributed by atoms with Crippen LogP contribution in [-0.2, 0) is 0 Å². The lowest BCUT2D eigenvalue weighted by atomic mass is 10.2. The zero-order valence-electron chi connectivity index (χ0n) is 9.54. The van der Waals surface area contributed by atoms with Crippen LogP contribution in [0.2, 0.25) is 5.15 Å². The van der Waals surface area contributed by atoms with Gasteiger partial charge in [0.1, 0.15) is 5.15 Å². The first kappa shape index (κ1) is 13.4. The van der Waals surface area contributed by atoms with Crippen LogP contribution in [0.3, 0.4) is 0 Å². The minimum absolute atomic E-state index is 0.0193. The molecule has 3 nitrogen and oxygen atoms in total. The summed E-state index contributed by atoms with van der Waals surface area (Å²) in [6.45, 7) is -0.00226. The number of nitrogens with one attached hydrogen (secondary N) is 1. The Morgan fingerprint density at radius 1 is 1.50 bits per heavy atom. The molecule has 2 rings (SSSR count). The molecule has 0 aromatic carbocycles. The second kappa shape index (κ2) is 5.32. The van der Waals surface area contributed by atoms with Crippen molar-refractivity contribution in [3.8, 4) is 0 Å². The number of anilines is 1. The molecule has 1 aromatic rings. The molecule has 0 amide bonds.